The Balaban J connectivity index is 1.32. The summed E-state index contributed by atoms with van der Waals surface area (Å²) in [5, 5.41) is 9.54. The molecule has 0 amide bonds. The SMILES string of the molecule is Cc1c(-c2[nH]c3cnc(N4CCC(NCC5(C)COC5)CC4)c(C)c3c2C(C)C)cn2ncnc2c1C. The number of fused-ring (bicyclic) bond motifs is 2. The average molecular weight is 502 g/mol. The van der Waals surface area contributed by atoms with Crippen molar-refractivity contribution in [1.82, 2.24) is 29.9 Å². The molecule has 0 saturated carbocycles. The van der Waals surface area contributed by atoms with Gasteiger partial charge < -0.3 is 19.9 Å². The van der Waals surface area contributed by atoms with Crippen LogP contribution in [0.1, 0.15) is 61.8 Å². The fourth-order valence-electron chi connectivity index (χ4n) is 6.17. The van der Waals surface area contributed by atoms with Gasteiger partial charge in [0.15, 0.2) is 5.65 Å². The van der Waals surface area contributed by atoms with E-state index in [0.717, 1.165) is 68.2 Å². The Morgan fingerprint density at radius 2 is 1.86 bits per heavy atom. The van der Waals surface area contributed by atoms with Crippen molar-refractivity contribution in [1.29, 1.82) is 0 Å². The molecule has 2 fully saturated rings. The highest BCUT2D eigenvalue weighted by molar-refractivity contribution is 5.96. The molecule has 2 aliphatic rings. The van der Waals surface area contributed by atoms with Gasteiger partial charge in [0.05, 0.1) is 30.6 Å². The first kappa shape index (κ1) is 24.4. The van der Waals surface area contributed by atoms with Crippen LogP contribution in [0.25, 0.3) is 27.8 Å². The number of piperidine rings is 1. The van der Waals surface area contributed by atoms with E-state index in [1.807, 2.05) is 10.7 Å². The molecule has 0 aromatic carbocycles. The number of aromatic nitrogens is 5. The zero-order chi connectivity index (χ0) is 25.9. The maximum Gasteiger partial charge on any atom is 0.158 e. The van der Waals surface area contributed by atoms with Crippen molar-refractivity contribution in [2.45, 2.75) is 66.3 Å². The van der Waals surface area contributed by atoms with Crippen molar-refractivity contribution < 1.29 is 4.74 Å². The number of ether oxygens (including phenoxy) is 1. The second-order valence-corrected chi connectivity index (χ2v) is 11.8. The van der Waals surface area contributed by atoms with E-state index in [1.54, 1.807) is 6.33 Å². The molecule has 4 aromatic heterocycles. The number of anilines is 1. The molecule has 0 bridgehead atoms. The highest BCUT2D eigenvalue weighted by atomic mass is 16.5. The second-order valence-electron chi connectivity index (χ2n) is 11.8. The van der Waals surface area contributed by atoms with Crippen LogP contribution in [0.15, 0.2) is 18.7 Å². The summed E-state index contributed by atoms with van der Waals surface area (Å²) < 4.78 is 7.31. The summed E-state index contributed by atoms with van der Waals surface area (Å²) in [5.41, 5.74) is 9.69. The molecule has 196 valence electrons. The van der Waals surface area contributed by atoms with Crippen LogP contribution in [0.4, 0.5) is 5.82 Å². The van der Waals surface area contributed by atoms with Crippen molar-refractivity contribution in [3.63, 3.8) is 0 Å². The number of aryl methyl sites for hydroxylation is 2. The van der Waals surface area contributed by atoms with Crippen molar-refractivity contribution in [2.75, 3.05) is 37.7 Å². The molecule has 2 aliphatic heterocycles. The lowest BCUT2D eigenvalue weighted by atomic mass is 9.88. The summed E-state index contributed by atoms with van der Waals surface area (Å²) in [4.78, 5) is 15.7. The third-order valence-corrected chi connectivity index (χ3v) is 8.58. The summed E-state index contributed by atoms with van der Waals surface area (Å²) in [6.45, 7) is 18.3. The van der Waals surface area contributed by atoms with Crippen molar-refractivity contribution in [3.05, 3.63) is 41.0 Å². The average Bonchev–Trinajstić information content (AvgIpc) is 3.50. The highest BCUT2D eigenvalue weighted by Gasteiger charge is 2.34. The lowest BCUT2D eigenvalue weighted by Gasteiger charge is -2.41. The lowest BCUT2D eigenvalue weighted by Crippen LogP contribution is -2.51. The van der Waals surface area contributed by atoms with Gasteiger partial charge in [0.2, 0.25) is 0 Å². The van der Waals surface area contributed by atoms with Crippen LogP contribution in [-0.4, -0.2) is 63.5 Å². The van der Waals surface area contributed by atoms with Crippen LogP contribution in [0.3, 0.4) is 0 Å². The van der Waals surface area contributed by atoms with E-state index in [9.17, 15) is 0 Å². The number of rotatable bonds is 6. The summed E-state index contributed by atoms with van der Waals surface area (Å²) in [5.74, 6) is 1.48. The van der Waals surface area contributed by atoms with E-state index in [4.69, 9.17) is 9.72 Å². The number of hydrogen-bond acceptors (Lipinski definition) is 6. The van der Waals surface area contributed by atoms with Gasteiger partial charge in [-0.25, -0.2) is 14.5 Å². The highest BCUT2D eigenvalue weighted by Crippen LogP contribution is 2.41. The normalized spacial score (nSPS) is 18.3. The third kappa shape index (κ3) is 4.10. The number of pyridine rings is 2. The van der Waals surface area contributed by atoms with Crippen LogP contribution in [0.5, 0.6) is 0 Å². The number of H-pyrrole nitrogens is 1. The molecule has 37 heavy (non-hydrogen) atoms. The molecule has 8 heteroatoms. The van der Waals surface area contributed by atoms with E-state index in [2.05, 4.69) is 73.0 Å². The Morgan fingerprint density at radius 1 is 1.11 bits per heavy atom. The number of nitrogens with one attached hydrogen (secondary N) is 2. The van der Waals surface area contributed by atoms with Gasteiger partial charge in [0, 0.05) is 53.8 Å². The van der Waals surface area contributed by atoms with Crippen LogP contribution in [0, 0.1) is 26.2 Å². The van der Waals surface area contributed by atoms with E-state index in [0.29, 0.717) is 17.4 Å². The molecule has 0 aliphatic carbocycles. The standard InChI is InChI=1S/C29H39N7O/c1-17(2)24-25-20(5)27(35-9-7-21(8-10-35)31-13-29(6)14-37-15-29)30-11-23(25)34-26(24)22-12-36-28(32-16-33-36)19(4)18(22)3/h11-12,16-17,21,31,34H,7-10,13-15H2,1-6H3. The minimum Gasteiger partial charge on any atom is -0.380 e. The van der Waals surface area contributed by atoms with Gasteiger partial charge in [-0.3, -0.25) is 0 Å². The van der Waals surface area contributed by atoms with Gasteiger partial charge in [0.25, 0.3) is 0 Å². The van der Waals surface area contributed by atoms with Gasteiger partial charge in [-0.05, 0) is 56.2 Å². The van der Waals surface area contributed by atoms with Gasteiger partial charge in [-0.15, -0.1) is 0 Å². The molecule has 8 nitrogen and oxygen atoms in total. The first-order valence-electron chi connectivity index (χ1n) is 13.6. The van der Waals surface area contributed by atoms with Gasteiger partial charge in [-0.1, -0.05) is 20.8 Å². The van der Waals surface area contributed by atoms with Crippen molar-refractivity contribution in [3.8, 4) is 11.3 Å². The van der Waals surface area contributed by atoms with Gasteiger partial charge in [0.1, 0.15) is 12.1 Å². The maximum atomic E-state index is 5.42. The molecule has 2 N–H and O–H groups in total. The van der Waals surface area contributed by atoms with E-state index < -0.39 is 0 Å². The summed E-state index contributed by atoms with van der Waals surface area (Å²) >= 11 is 0. The van der Waals surface area contributed by atoms with E-state index in [1.165, 1.54) is 33.3 Å². The van der Waals surface area contributed by atoms with Crippen molar-refractivity contribution >= 4 is 22.4 Å². The Bertz CT molecular complexity index is 1450. The molecule has 0 atom stereocenters. The fourth-order valence-corrected chi connectivity index (χ4v) is 6.17. The molecule has 4 aromatic rings. The Labute approximate surface area is 218 Å². The molecule has 0 radical (unpaired) electrons. The summed E-state index contributed by atoms with van der Waals surface area (Å²) in [7, 11) is 0. The zero-order valence-electron chi connectivity index (χ0n) is 23.0. The lowest BCUT2D eigenvalue weighted by molar-refractivity contribution is -0.100. The van der Waals surface area contributed by atoms with Crippen LogP contribution < -0.4 is 10.2 Å². The Hall–Kier alpha value is -2.97. The molecular weight excluding hydrogens is 462 g/mol. The topological polar surface area (TPSA) is 83.4 Å². The van der Waals surface area contributed by atoms with Crippen LogP contribution >= 0.6 is 0 Å². The molecule has 0 unspecified atom stereocenters. The van der Waals surface area contributed by atoms with Crippen molar-refractivity contribution in [2.24, 2.45) is 5.41 Å². The van der Waals surface area contributed by atoms with Gasteiger partial charge >= 0.3 is 0 Å². The third-order valence-electron chi connectivity index (χ3n) is 8.58. The Kier molecular flexibility index (Phi) is 5.99. The van der Waals surface area contributed by atoms with E-state index >= 15 is 0 Å². The summed E-state index contributed by atoms with van der Waals surface area (Å²) in [6.07, 6.45) is 8.05. The molecular formula is C29H39N7O. The van der Waals surface area contributed by atoms with Gasteiger partial charge in [-0.2, -0.15) is 5.10 Å². The molecule has 0 spiro atoms. The first-order chi connectivity index (χ1) is 17.8. The molecule has 2 saturated heterocycles. The monoisotopic (exact) mass is 501 g/mol. The number of nitrogens with zero attached hydrogens (tertiary/aromatic N) is 5. The first-order valence-corrected chi connectivity index (χ1v) is 13.6. The predicted octanol–water partition coefficient (Wildman–Crippen LogP) is 4.92. The zero-order valence-corrected chi connectivity index (χ0v) is 23.0. The minimum atomic E-state index is 0.314. The molecule has 6 rings (SSSR count). The quantitative estimate of drug-likeness (QED) is 0.390. The maximum absolute atomic E-state index is 5.42. The van der Waals surface area contributed by atoms with E-state index in [-0.39, 0.29) is 0 Å². The van der Waals surface area contributed by atoms with Crippen LogP contribution in [-0.2, 0) is 4.74 Å². The number of hydrogen-bond donors (Lipinski definition) is 2. The predicted molar refractivity (Wildman–Crippen MR) is 149 cm³/mol. The minimum absolute atomic E-state index is 0.314. The Morgan fingerprint density at radius 3 is 2.54 bits per heavy atom. The largest absolute Gasteiger partial charge is 0.380 e. The summed E-state index contributed by atoms with van der Waals surface area (Å²) in [6, 6.07) is 0.570. The van der Waals surface area contributed by atoms with Crippen LogP contribution in [0.2, 0.25) is 0 Å². The smallest absolute Gasteiger partial charge is 0.158 e. The second kappa shape index (κ2) is 9.10. The molecule has 6 heterocycles. The number of aromatic amines is 1. The fraction of sp³-hybridized carbons (Fsp3) is 0.552.